The molecule has 1 heterocycles. The van der Waals surface area contributed by atoms with E-state index in [-0.39, 0.29) is 0 Å². The predicted molar refractivity (Wildman–Crippen MR) is 76.9 cm³/mol. The second-order valence-electron chi connectivity index (χ2n) is 6.70. The van der Waals surface area contributed by atoms with Crippen LogP contribution < -0.4 is 5.32 Å². The fourth-order valence-corrected chi connectivity index (χ4v) is 3.70. The van der Waals surface area contributed by atoms with Crippen LogP contribution in [-0.4, -0.2) is 24.8 Å². The molecule has 1 atom stereocenters. The summed E-state index contributed by atoms with van der Waals surface area (Å²) in [5.74, 6) is 0.922. The van der Waals surface area contributed by atoms with E-state index in [1.165, 1.54) is 64.3 Å². The van der Waals surface area contributed by atoms with Crippen molar-refractivity contribution in [3.63, 3.8) is 0 Å². The Kier molecular flexibility index (Phi) is 5.50. The monoisotopic (exact) mass is 253 g/mol. The van der Waals surface area contributed by atoms with Crippen LogP contribution in [0.5, 0.6) is 0 Å². The number of hydrogen-bond donors (Lipinski definition) is 1. The zero-order valence-electron chi connectivity index (χ0n) is 12.3. The lowest BCUT2D eigenvalue weighted by Gasteiger charge is -2.43. The Labute approximate surface area is 113 Å². The first-order valence-corrected chi connectivity index (χ1v) is 8.08. The number of ether oxygens (including phenoxy) is 1. The quantitative estimate of drug-likeness (QED) is 0.750. The van der Waals surface area contributed by atoms with Gasteiger partial charge in [0.05, 0.1) is 5.60 Å². The molecule has 1 unspecified atom stereocenters. The Morgan fingerprint density at radius 3 is 2.72 bits per heavy atom. The lowest BCUT2D eigenvalue weighted by atomic mass is 9.75. The van der Waals surface area contributed by atoms with Crippen LogP contribution in [0.15, 0.2) is 0 Å². The molecule has 0 aromatic rings. The minimum Gasteiger partial charge on any atom is -0.375 e. The SMILES string of the molecule is CC(C)NCCCC1CCOC2(CCCCC2)C1. The van der Waals surface area contributed by atoms with Gasteiger partial charge in [0.25, 0.3) is 0 Å². The van der Waals surface area contributed by atoms with Crippen molar-refractivity contribution in [3.8, 4) is 0 Å². The summed E-state index contributed by atoms with van der Waals surface area (Å²) in [7, 11) is 0. The normalized spacial score (nSPS) is 27.8. The van der Waals surface area contributed by atoms with E-state index in [2.05, 4.69) is 19.2 Å². The lowest BCUT2D eigenvalue weighted by molar-refractivity contribution is -0.118. The van der Waals surface area contributed by atoms with Crippen LogP contribution in [-0.2, 0) is 4.74 Å². The highest BCUT2D eigenvalue weighted by molar-refractivity contribution is 4.89. The van der Waals surface area contributed by atoms with Gasteiger partial charge in [-0.1, -0.05) is 33.1 Å². The van der Waals surface area contributed by atoms with Crippen LogP contribution in [0.3, 0.4) is 0 Å². The first-order chi connectivity index (χ1) is 8.70. The van der Waals surface area contributed by atoms with E-state index in [0.717, 1.165) is 12.5 Å². The minimum atomic E-state index is 0.298. The largest absolute Gasteiger partial charge is 0.375 e. The van der Waals surface area contributed by atoms with E-state index in [1.54, 1.807) is 0 Å². The van der Waals surface area contributed by atoms with Gasteiger partial charge in [-0.15, -0.1) is 0 Å². The number of hydrogen-bond acceptors (Lipinski definition) is 2. The summed E-state index contributed by atoms with van der Waals surface area (Å²) in [6.45, 7) is 6.65. The van der Waals surface area contributed by atoms with Gasteiger partial charge in [0.15, 0.2) is 0 Å². The van der Waals surface area contributed by atoms with Crippen LogP contribution in [0, 0.1) is 5.92 Å². The number of nitrogens with one attached hydrogen (secondary N) is 1. The molecule has 0 aromatic heterocycles. The Hall–Kier alpha value is -0.0800. The molecule has 2 rings (SSSR count). The summed E-state index contributed by atoms with van der Waals surface area (Å²) in [6, 6.07) is 0.629. The summed E-state index contributed by atoms with van der Waals surface area (Å²) >= 11 is 0. The zero-order chi connectivity index (χ0) is 12.8. The van der Waals surface area contributed by atoms with Crippen LogP contribution in [0.4, 0.5) is 0 Å². The van der Waals surface area contributed by atoms with Gasteiger partial charge in [0.1, 0.15) is 0 Å². The molecule has 106 valence electrons. The maximum atomic E-state index is 6.17. The van der Waals surface area contributed by atoms with E-state index in [4.69, 9.17) is 4.74 Å². The molecule has 1 aliphatic carbocycles. The second kappa shape index (κ2) is 6.91. The van der Waals surface area contributed by atoms with E-state index in [9.17, 15) is 0 Å². The Morgan fingerprint density at radius 1 is 1.22 bits per heavy atom. The number of rotatable bonds is 5. The molecule has 2 nitrogen and oxygen atoms in total. The lowest BCUT2D eigenvalue weighted by Crippen LogP contribution is -2.41. The molecule has 1 saturated heterocycles. The van der Waals surface area contributed by atoms with Gasteiger partial charge in [-0.05, 0) is 51.0 Å². The van der Waals surface area contributed by atoms with E-state index < -0.39 is 0 Å². The maximum absolute atomic E-state index is 6.17. The summed E-state index contributed by atoms with van der Waals surface area (Å²) < 4.78 is 6.17. The first kappa shape index (κ1) is 14.3. The van der Waals surface area contributed by atoms with E-state index in [0.29, 0.717) is 11.6 Å². The Balaban J connectivity index is 1.69. The third kappa shape index (κ3) is 4.24. The smallest absolute Gasteiger partial charge is 0.0685 e. The second-order valence-corrected chi connectivity index (χ2v) is 6.70. The van der Waals surface area contributed by atoms with Crippen molar-refractivity contribution < 1.29 is 4.74 Å². The molecular formula is C16H31NO. The summed E-state index contributed by atoms with van der Waals surface area (Å²) in [5.41, 5.74) is 0.298. The van der Waals surface area contributed by atoms with Crippen LogP contribution in [0.1, 0.15) is 71.6 Å². The highest BCUT2D eigenvalue weighted by atomic mass is 16.5. The molecule has 1 spiro atoms. The molecular weight excluding hydrogens is 222 g/mol. The summed E-state index contributed by atoms with van der Waals surface area (Å²) in [6.07, 6.45) is 12.2. The fourth-order valence-electron chi connectivity index (χ4n) is 3.70. The average Bonchev–Trinajstić information content (AvgIpc) is 2.36. The van der Waals surface area contributed by atoms with Crippen LogP contribution in [0.25, 0.3) is 0 Å². The standard InChI is InChI=1S/C16H31NO/c1-14(2)17-11-6-7-15-8-12-18-16(13-15)9-4-3-5-10-16/h14-15,17H,3-13H2,1-2H3. The van der Waals surface area contributed by atoms with Gasteiger partial charge in [-0.25, -0.2) is 0 Å². The van der Waals surface area contributed by atoms with Crippen molar-refractivity contribution in [1.82, 2.24) is 5.32 Å². The van der Waals surface area contributed by atoms with Crippen molar-refractivity contribution >= 4 is 0 Å². The molecule has 2 fully saturated rings. The Bertz CT molecular complexity index is 228. The molecule has 0 aromatic carbocycles. The third-order valence-corrected chi connectivity index (χ3v) is 4.70. The highest BCUT2D eigenvalue weighted by Crippen LogP contribution is 2.41. The van der Waals surface area contributed by atoms with Crippen molar-refractivity contribution in [2.24, 2.45) is 5.92 Å². The van der Waals surface area contributed by atoms with Crippen LogP contribution >= 0.6 is 0 Å². The molecule has 18 heavy (non-hydrogen) atoms. The molecule has 0 radical (unpaired) electrons. The topological polar surface area (TPSA) is 21.3 Å². The molecule has 2 aliphatic rings. The maximum Gasteiger partial charge on any atom is 0.0685 e. The van der Waals surface area contributed by atoms with Gasteiger partial charge in [-0.2, -0.15) is 0 Å². The van der Waals surface area contributed by atoms with Crippen molar-refractivity contribution in [2.45, 2.75) is 83.3 Å². The molecule has 1 N–H and O–H groups in total. The van der Waals surface area contributed by atoms with E-state index in [1.807, 2.05) is 0 Å². The van der Waals surface area contributed by atoms with Gasteiger partial charge >= 0.3 is 0 Å². The fraction of sp³-hybridized carbons (Fsp3) is 1.00. The molecule has 1 saturated carbocycles. The Morgan fingerprint density at radius 2 is 2.00 bits per heavy atom. The minimum absolute atomic E-state index is 0.298. The third-order valence-electron chi connectivity index (χ3n) is 4.70. The van der Waals surface area contributed by atoms with Gasteiger partial charge in [-0.3, -0.25) is 0 Å². The summed E-state index contributed by atoms with van der Waals surface area (Å²) in [4.78, 5) is 0. The van der Waals surface area contributed by atoms with E-state index >= 15 is 0 Å². The molecule has 1 aliphatic heterocycles. The average molecular weight is 253 g/mol. The van der Waals surface area contributed by atoms with Gasteiger partial charge in [0.2, 0.25) is 0 Å². The van der Waals surface area contributed by atoms with Crippen molar-refractivity contribution in [1.29, 1.82) is 0 Å². The highest BCUT2D eigenvalue weighted by Gasteiger charge is 2.37. The van der Waals surface area contributed by atoms with Gasteiger partial charge in [0, 0.05) is 12.6 Å². The van der Waals surface area contributed by atoms with Crippen molar-refractivity contribution in [3.05, 3.63) is 0 Å². The first-order valence-electron chi connectivity index (χ1n) is 8.08. The molecule has 0 amide bonds. The van der Waals surface area contributed by atoms with Crippen molar-refractivity contribution in [2.75, 3.05) is 13.2 Å². The summed E-state index contributed by atoms with van der Waals surface area (Å²) in [5, 5.41) is 3.52. The zero-order valence-corrected chi connectivity index (χ0v) is 12.3. The predicted octanol–water partition coefficient (Wildman–Crippen LogP) is 3.89. The molecule has 2 heteroatoms. The van der Waals surface area contributed by atoms with Crippen LogP contribution in [0.2, 0.25) is 0 Å². The van der Waals surface area contributed by atoms with Gasteiger partial charge < -0.3 is 10.1 Å². The molecule has 0 bridgehead atoms.